The van der Waals surface area contributed by atoms with Gasteiger partial charge in [-0.05, 0) is 23.8 Å². The second-order valence-electron chi connectivity index (χ2n) is 4.56. The van der Waals surface area contributed by atoms with Gasteiger partial charge in [0.15, 0.2) is 5.69 Å². The SMILES string of the molecule is O=C(O)c1n[nH]c2cccc(CNNc3ccccc3)c12. The molecule has 3 rings (SSSR count). The Hall–Kier alpha value is -2.86. The lowest BCUT2D eigenvalue weighted by atomic mass is 10.1. The topological polar surface area (TPSA) is 90.0 Å². The molecule has 0 unspecified atom stereocenters. The number of nitrogens with one attached hydrogen (secondary N) is 3. The first-order valence-electron chi connectivity index (χ1n) is 6.49. The highest BCUT2D eigenvalue weighted by atomic mass is 16.4. The molecule has 0 amide bonds. The normalized spacial score (nSPS) is 10.7. The molecule has 1 heterocycles. The fourth-order valence-electron chi connectivity index (χ4n) is 2.21. The number of hydrogen-bond donors (Lipinski definition) is 4. The molecule has 0 saturated heterocycles. The third kappa shape index (κ3) is 2.70. The third-order valence-electron chi connectivity index (χ3n) is 3.16. The first-order valence-corrected chi connectivity index (χ1v) is 6.49. The Balaban J connectivity index is 1.80. The van der Waals surface area contributed by atoms with Gasteiger partial charge in [0, 0.05) is 17.6 Å². The lowest BCUT2D eigenvalue weighted by Gasteiger charge is -2.09. The fourth-order valence-corrected chi connectivity index (χ4v) is 2.21. The van der Waals surface area contributed by atoms with Gasteiger partial charge in [0.1, 0.15) is 0 Å². The molecule has 0 aliphatic heterocycles. The van der Waals surface area contributed by atoms with Gasteiger partial charge in [0.05, 0.1) is 5.52 Å². The molecule has 0 radical (unpaired) electrons. The van der Waals surface area contributed by atoms with E-state index >= 15 is 0 Å². The predicted octanol–water partition coefficient (Wildman–Crippen LogP) is 2.38. The maximum Gasteiger partial charge on any atom is 0.357 e. The summed E-state index contributed by atoms with van der Waals surface area (Å²) in [4.78, 5) is 11.2. The van der Waals surface area contributed by atoms with E-state index in [-0.39, 0.29) is 5.69 Å². The van der Waals surface area contributed by atoms with E-state index in [1.165, 1.54) is 0 Å². The zero-order chi connectivity index (χ0) is 14.7. The van der Waals surface area contributed by atoms with Crippen molar-refractivity contribution in [1.29, 1.82) is 0 Å². The van der Waals surface area contributed by atoms with Crippen molar-refractivity contribution in [3.05, 3.63) is 59.8 Å². The molecule has 0 atom stereocenters. The van der Waals surface area contributed by atoms with Gasteiger partial charge >= 0.3 is 5.97 Å². The highest BCUT2D eigenvalue weighted by molar-refractivity contribution is 6.02. The number of hydrazine groups is 1. The van der Waals surface area contributed by atoms with Gasteiger partial charge in [-0.1, -0.05) is 30.3 Å². The smallest absolute Gasteiger partial charge is 0.357 e. The van der Waals surface area contributed by atoms with Crippen LogP contribution >= 0.6 is 0 Å². The zero-order valence-corrected chi connectivity index (χ0v) is 11.1. The molecule has 4 N–H and O–H groups in total. The van der Waals surface area contributed by atoms with Gasteiger partial charge in [0.25, 0.3) is 0 Å². The van der Waals surface area contributed by atoms with Crippen LogP contribution in [0.25, 0.3) is 10.9 Å². The molecule has 0 aliphatic carbocycles. The largest absolute Gasteiger partial charge is 0.476 e. The number of aromatic nitrogens is 2. The van der Waals surface area contributed by atoms with Gasteiger partial charge in [-0.2, -0.15) is 5.10 Å². The minimum absolute atomic E-state index is 0.0436. The molecule has 0 spiro atoms. The number of carboxylic acids is 1. The molecule has 6 nitrogen and oxygen atoms in total. The van der Waals surface area contributed by atoms with E-state index in [2.05, 4.69) is 21.0 Å². The minimum Gasteiger partial charge on any atom is -0.476 e. The number of hydrogen-bond acceptors (Lipinski definition) is 4. The molecular weight excluding hydrogens is 268 g/mol. The Bertz CT molecular complexity index is 768. The van der Waals surface area contributed by atoms with E-state index in [0.29, 0.717) is 17.4 Å². The van der Waals surface area contributed by atoms with E-state index in [1.54, 1.807) is 0 Å². The van der Waals surface area contributed by atoms with Crippen molar-refractivity contribution in [2.45, 2.75) is 6.54 Å². The summed E-state index contributed by atoms with van der Waals surface area (Å²) in [5, 5.41) is 16.4. The van der Waals surface area contributed by atoms with Crippen LogP contribution in [0.4, 0.5) is 5.69 Å². The number of para-hydroxylation sites is 1. The number of anilines is 1. The Morgan fingerprint density at radius 3 is 2.71 bits per heavy atom. The molecule has 21 heavy (non-hydrogen) atoms. The Labute approximate surface area is 120 Å². The van der Waals surface area contributed by atoms with Crippen molar-refractivity contribution in [3.63, 3.8) is 0 Å². The van der Waals surface area contributed by atoms with E-state index in [9.17, 15) is 9.90 Å². The highest BCUT2D eigenvalue weighted by Gasteiger charge is 2.15. The van der Waals surface area contributed by atoms with Crippen molar-refractivity contribution in [1.82, 2.24) is 15.6 Å². The molecule has 0 bridgehead atoms. The zero-order valence-electron chi connectivity index (χ0n) is 11.1. The maximum atomic E-state index is 11.2. The monoisotopic (exact) mass is 282 g/mol. The molecule has 0 aliphatic rings. The van der Waals surface area contributed by atoms with Crippen LogP contribution in [0.1, 0.15) is 16.1 Å². The van der Waals surface area contributed by atoms with Crippen LogP contribution in [-0.4, -0.2) is 21.3 Å². The lowest BCUT2D eigenvalue weighted by Crippen LogP contribution is -2.21. The van der Waals surface area contributed by atoms with Crippen molar-refractivity contribution < 1.29 is 9.90 Å². The van der Waals surface area contributed by atoms with Crippen molar-refractivity contribution in [3.8, 4) is 0 Å². The molecule has 106 valence electrons. The minimum atomic E-state index is -1.04. The number of benzene rings is 2. The average Bonchev–Trinajstić information content (AvgIpc) is 2.93. The van der Waals surface area contributed by atoms with E-state index in [4.69, 9.17) is 0 Å². The van der Waals surface area contributed by atoms with Crippen LogP contribution in [0.3, 0.4) is 0 Å². The first-order chi connectivity index (χ1) is 10.3. The number of carbonyl (C=O) groups is 1. The number of rotatable bonds is 5. The highest BCUT2D eigenvalue weighted by Crippen LogP contribution is 2.20. The third-order valence-corrected chi connectivity index (χ3v) is 3.16. The Kier molecular flexibility index (Phi) is 3.53. The summed E-state index contributed by atoms with van der Waals surface area (Å²) < 4.78 is 0. The number of fused-ring (bicyclic) bond motifs is 1. The molecule has 1 aromatic heterocycles. The average molecular weight is 282 g/mol. The number of carboxylic acid groups (broad SMARTS) is 1. The summed E-state index contributed by atoms with van der Waals surface area (Å²) in [6.45, 7) is 0.478. The Morgan fingerprint density at radius 1 is 1.14 bits per heavy atom. The number of aromatic amines is 1. The van der Waals surface area contributed by atoms with Gasteiger partial charge < -0.3 is 10.5 Å². The summed E-state index contributed by atoms with van der Waals surface area (Å²) in [6, 6.07) is 15.2. The van der Waals surface area contributed by atoms with Crippen molar-refractivity contribution in [2.24, 2.45) is 0 Å². The van der Waals surface area contributed by atoms with Crippen LogP contribution in [0.15, 0.2) is 48.5 Å². The van der Waals surface area contributed by atoms with E-state index in [0.717, 1.165) is 11.3 Å². The van der Waals surface area contributed by atoms with Gasteiger partial charge in [-0.25, -0.2) is 10.2 Å². The summed E-state index contributed by atoms with van der Waals surface area (Å²) in [7, 11) is 0. The standard InChI is InChI=1S/C15H14N4O2/c20-15(21)14-13-10(5-4-8-12(13)18-19-14)9-16-17-11-6-2-1-3-7-11/h1-8,16-17H,9H2,(H,18,19)(H,20,21). The lowest BCUT2D eigenvalue weighted by molar-refractivity contribution is 0.0692. The molecule has 0 fully saturated rings. The number of aromatic carboxylic acids is 1. The molecule has 3 aromatic rings. The van der Waals surface area contributed by atoms with E-state index in [1.807, 2.05) is 48.5 Å². The summed E-state index contributed by atoms with van der Waals surface area (Å²) in [5.41, 5.74) is 8.71. The predicted molar refractivity (Wildman–Crippen MR) is 80.0 cm³/mol. The summed E-state index contributed by atoms with van der Waals surface area (Å²) in [5.74, 6) is -1.04. The maximum absolute atomic E-state index is 11.2. The van der Waals surface area contributed by atoms with Gasteiger partial charge in [-0.3, -0.25) is 5.10 Å². The van der Waals surface area contributed by atoms with Gasteiger partial charge in [0.2, 0.25) is 0 Å². The molecule has 2 aromatic carbocycles. The van der Waals surface area contributed by atoms with Gasteiger partial charge in [-0.15, -0.1) is 0 Å². The van der Waals surface area contributed by atoms with Crippen LogP contribution in [0.2, 0.25) is 0 Å². The van der Waals surface area contributed by atoms with Crippen molar-refractivity contribution >= 4 is 22.6 Å². The first kappa shape index (κ1) is 13.1. The molecule has 6 heteroatoms. The second-order valence-corrected chi connectivity index (χ2v) is 4.56. The number of H-pyrrole nitrogens is 1. The second kappa shape index (κ2) is 5.64. The quantitative estimate of drug-likeness (QED) is 0.539. The molecule has 0 saturated carbocycles. The Morgan fingerprint density at radius 2 is 1.95 bits per heavy atom. The number of nitrogens with zero attached hydrogens (tertiary/aromatic N) is 1. The fraction of sp³-hybridized carbons (Fsp3) is 0.0667. The van der Waals surface area contributed by atoms with Crippen LogP contribution < -0.4 is 10.9 Å². The van der Waals surface area contributed by atoms with Crippen LogP contribution in [0.5, 0.6) is 0 Å². The van der Waals surface area contributed by atoms with Crippen LogP contribution in [-0.2, 0) is 6.54 Å². The molecular formula is C15H14N4O2. The van der Waals surface area contributed by atoms with E-state index < -0.39 is 5.97 Å². The summed E-state index contributed by atoms with van der Waals surface area (Å²) in [6.07, 6.45) is 0. The van der Waals surface area contributed by atoms with Crippen molar-refractivity contribution in [2.75, 3.05) is 5.43 Å². The summed E-state index contributed by atoms with van der Waals surface area (Å²) >= 11 is 0. The van der Waals surface area contributed by atoms with Crippen LogP contribution in [0, 0.1) is 0 Å².